The van der Waals surface area contributed by atoms with Gasteiger partial charge in [-0.3, -0.25) is 4.79 Å². The first kappa shape index (κ1) is 12.8. The monoisotopic (exact) mass is 264 g/mol. The molecule has 0 amide bonds. The Morgan fingerprint density at radius 2 is 1.76 bits per heavy atom. The molecule has 0 aliphatic carbocycles. The minimum atomic E-state index is -3.16. The van der Waals surface area contributed by atoms with Crippen molar-refractivity contribution in [3.8, 4) is 0 Å². The number of sulfone groups is 1. The summed E-state index contributed by atoms with van der Waals surface area (Å²) in [6.07, 6.45) is 0.175. The number of rotatable bonds is 2. The molecule has 1 atom stereocenters. The van der Waals surface area contributed by atoms with Crippen LogP contribution in [0.15, 0.2) is 0 Å². The molecule has 0 aromatic heterocycles. The van der Waals surface area contributed by atoms with Gasteiger partial charge in [0.15, 0.2) is 0 Å². The molecule has 0 bridgehead atoms. The van der Waals surface area contributed by atoms with Gasteiger partial charge in [-0.05, 0) is 12.8 Å². The first-order valence-electron chi connectivity index (χ1n) is 5.55. The van der Waals surface area contributed by atoms with Crippen LogP contribution >= 0.6 is 0 Å². The predicted molar refractivity (Wildman–Crippen MR) is 58.3 cm³/mol. The molecule has 7 heteroatoms. The SMILES string of the molecule is O=C(O)C1(C2(O)CCOC2)CCS(=O)(=O)CC1. The van der Waals surface area contributed by atoms with Gasteiger partial charge in [-0.1, -0.05) is 0 Å². The Morgan fingerprint density at radius 3 is 2.18 bits per heavy atom. The van der Waals surface area contributed by atoms with Crippen molar-refractivity contribution in [3.63, 3.8) is 0 Å². The topological polar surface area (TPSA) is 101 Å². The van der Waals surface area contributed by atoms with Crippen molar-refractivity contribution in [3.05, 3.63) is 0 Å². The Kier molecular flexibility index (Phi) is 2.95. The number of aliphatic hydroxyl groups is 1. The molecule has 2 heterocycles. The van der Waals surface area contributed by atoms with Crippen LogP contribution in [0.4, 0.5) is 0 Å². The summed E-state index contributed by atoms with van der Waals surface area (Å²) in [5.41, 5.74) is -2.82. The van der Waals surface area contributed by atoms with Gasteiger partial charge in [-0.15, -0.1) is 0 Å². The fourth-order valence-electron chi connectivity index (χ4n) is 2.70. The van der Waals surface area contributed by atoms with E-state index in [2.05, 4.69) is 0 Å². The van der Waals surface area contributed by atoms with Crippen molar-refractivity contribution in [2.24, 2.45) is 5.41 Å². The van der Waals surface area contributed by atoms with Crippen LogP contribution in [0.3, 0.4) is 0 Å². The zero-order valence-electron chi connectivity index (χ0n) is 9.39. The van der Waals surface area contributed by atoms with Crippen molar-refractivity contribution in [2.45, 2.75) is 24.9 Å². The molecule has 1 unspecified atom stereocenters. The lowest BCUT2D eigenvalue weighted by molar-refractivity contribution is -0.171. The molecule has 0 aromatic rings. The second kappa shape index (κ2) is 3.93. The fraction of sp³-hybridized carbons (Fsp3) is 0.900. The predicted octanol–water partition coefficient (Wildman–Crippen LogP) is -0.583. The van der Waals surface area contributed by atoms with E-state index in [1.807, 2.05) is 0 Å². The van der Waals surface area contributed by atoms with E-state index in [1.54, 1.807) is 0 Å². The van der Waals surface area contributed by atoms with Gasteiger partial charge in [0.25, 0.3) is 0 Å². The summed E-state index contributed by atoms with van der Waals surface area (Å²) < 4.78 is 27.8. The standard InChI is InChI=1S/C10H16O6S/c11-8(12)9(10(13)1-4-16-7-10)2-5-17(14,15)6-3-9/h13H,1-7H2,(H,11,12). The largest absolute Gasteiger partial charge is 0.481 e. The van der Waals surface area contributed by atoms with Crippen molar-refractivity contribution < 1.29 is 28.2 Å². The lowest BCUT2D eigenvalue weighted by Gasteiger charge is -2.43. The van der Waals surface area contributed by atoms with Crippen molar-refractivity contribution in [2.75, 3.05) is 24.7 Å². The van der Waals surface area contributed by atoms with E-state index in [0.717, 1.165) is 0 Å². The van der Waals surface area contributed by atoms with Crippen LogP contribution in [0.25, 0.3) is 0 Å². The third kappa shape index (κ3) is 1.96. The molecule has 2 aliphatic heterocycles. The summed E-state index contributed by atoms with van der Waals surface area (Å²) in [4.78, 5) is 11.5. The molecule has 2 fully saturated rings. The first-order valence-corrected chi connectivity index (χ1v) is 7.37. The van der Waals surface area contributed by atoms with E-state index in [9.17, 15) is 23.4 Å². The number of aliphatic carboxylic acids is 1. The summed E-state index contributed by atoms with van der Waals surface area (Å²) in [6.45, 7) is 0.289. The van der Waals surface area contributed by atoms with E-state index in [1.165, 1.54) is 0 Å². The van der Waals surface area contributed by atoms with Crippen molar-refractivity contribution in [1.29, 1.82) is 0 Å². The van der Waals surface area contributed by atoms with Crippen LogP contribution in [0.1, 0.15) is 19.3 Å². The molecule has 2 saturated heterocycles. The summed E-state index contributed by atoms with van der Waals surface area (Å²) in [6, 6.07) is 0. The number of carbonyl (C=O) groups is 1. The Labute approximate surface area is 99.5 Å². The van der Waals surface area contributed by atoms with E-state index >= 15 is 0 Å². The number of carboxylic acids is 1. The Balaban J connectivity index is 2.32. The third-order valence-corrected chi connectivity index (χ3v) is 5.63. The van der Waals surface area contributed by atoms with Crippen LogP contribution in [0.2, 0.25) is 0 Å². The first-order chi connectivity index (χ1) is 7.81. The van der Waals surface area contributed by atoms with Gasteiger partial charge in [0.1, 0.15) is 20.9 Å². The normalized spacial score (nSPS) is 35.6. The summed E-state index contributed by atoms with van der Waals surface area (Å²) in [5.74, 6) is -1.48. The average molecular weight is 264 g/mol. The van der Waals surface area contributed by atoms with Gasteiger partial charge in [0.2, 0.25) is 0 Å². The summed E-state index contributed by atoms with van der Waals surface area (Å²) in [7, 11) is -3.16. The Hall–Kier alpha value is -0.660. The van der Waals surface area contributed by atoms with Crippen LogP contribution in [0.5, 0.6) is 0 Å². The minimum Gasteiger partial charge on any atom is -0.481 e. The second-order valence-corrected chi connectivity index (χ2v) is 7.18. The number of hydrogen-bond acceptors (Lipinski definition) is 5. The lowest BCUT2D eigenvalue weighted by atomic mass is 9.67. The van der Waals surface area contributed by atoms with Gasteiger partial charge < -0.3 is 14.9 Å². The van der Waals surface area contributed by atoms with Crippen LogP contribution < -0.4 is 0 Å². The fourth-order valence-corrected chi connectivity index (χ4v) is 4.22. The molecule has 98 valence electrons. The van der Waals surface area contributed by atoms with Gasteiger partial charge in [-0.25, -0.2) is 8.42 Å². The molecule has 2 aliphatic rings. The van der Waals surface area contributed by atoms with Gasteiger partial charge in [0.05, 0.1) is 18.1 Å². The minimum absolute atomic E-state index is 0.0284. The van der Waals surface area contributed by atoms with Crippen molar-refractivity contribution >= 4 is 15.8 Å². The Bertz CT molecular complexity index is 406. The zero-order chi connectivity index (χ0) is 12.7. The van der Waals surface area contributed by atoms with Crippen molar-refractivity contribution in [1.82, 2.24) is 0 Å². The molecular weight excluding hydrogens is 248 g/mol. The lowest BCUT2D eigenvalue weighted by Crippen LogP contribution is -2.57. The van der Waals surface area contributed by atoms with E-state index in [-0.39, 0.29) is 37.4 Å². The van der Waals surface area contributed by atoms with Crippen LogP contribution in [-0.4, -0.2) is 54.9 Å². The molecule has 0 radical (unpaired) electrons. The van der Waals surface area contributed by atoms with E-state index < -0.39 is 26.8 Å². The maximum Gasteiger partial charge on any atom is 0.312 e. The van der Waals surface area contributed by atoms with Gasteiger partial charge in [-0.2, -0.15) is 0 Å². The smallest absolute Gasteiger partial charge is 0.312 e. The third-order valence-electron chi connectivity index (χ3n) is 3.98. The summed E-state index contributed by atoms with van der Waals surface area (Å²) in [5, 5.41) is 19.8. The van der Waals surface area contributed by atoms with Crippen LogP contribution in [0, 0.1) is 5.41 Å². The highest BCUT2D eigenvalue weighted by atomic mass is 32.2. The molecular formula is C10H16O6S. The molecule has 0 aromatic carbocycles. The molecule has 6 nitrogen and oxygen atoms in total. The maximum absolute atomic E-state index is 11.5. The number of carboxylic acid groups (broad SMARTS) is 1. The highest BCUT2D eigenvalue weighted by Gasteiger charge is 2.59. The second-order valence-electron chi connectivity index (χ2n) is 4.87. The van der Waals surface area contributed by atoms with Crippen LogP contribution in [-0.2, 0) is 19.4 Å². The number of hydrogen-bond donors (Lipinski definition) is 2. The molecule has 17 heavy (non-hydrogen) atoms. The Morgan fingerprint density at radius 1 is 1.18 bits per heavy atom. The van der Waals surface area contributed by atoms with E-state index in [4.69, 9.17) is 4.74 Å². The molecule has 2 N–H and O–H groups in total. The van der Waals surface area contributed by atoms with Gasteiger partial charge >= 0.3 is 5.97 Å². The molecule has 0 spiro atoms. The summed E-state index contributed by atoms with van der Waals surface area (Å²) >= 11 is 0. The number of ether oxygens (including phenoxy) is 1. The average Bonchev–Trinajstić information content (AvgIpc) is 2.66. The zero-order valence-corrected chi connectivity index (χ0v) is 10.2. The highest BCUT2D eigenvalue weighted by Crippen LogP contribution is 2.46. The van der Waals surface area contributed by atoms with Gasteiger partial charge in [0, 0.05) is 13.0 Å². The van der Waals surface area contributed by atoms with E-state index in [0.29, 0.717) is 6.61 Å². The molecule has 0 saturated carbocycles. The molecule has 2 rings (SSSR count). The maximum atomic E-state index is 11.5. The quantitative estimate of drug-likeness (QED) is 0.692. The highest BCUT2D eigenvalue weighted by molar-refractivity contribution is 7.91.